The highest BCUT2D eigenvalue weighted by molar-refractivity contribution is 5.94. The number of carbonyl (C=O) groups is 2. The number of likely N-dealkylation sites (tertiary alicyclic amines) is 1. The number of rotatable bonds is 8. The topological polar surface area (TPSA) is 72.8 Å². The molecule has 2 heterocycles. The number of benzene rings is 1. The number of carbonyl (C=O) groups excluding carboxylic acids is 2. The van der Waals surface area contributed by atoms with Gasteiger partial charge in [0, 0.05) is 49.9 Å². The van der Waals surface area contributed by atoms with E-state index in [2.05, 4.69) is 5.32 Å². The fourth-order valence-electron chi connectivity index (χ4n) is 3.27. The Kier molecular flexibility index (Phi) is 7.22. The number of aromatic nitrogens is 1. The third kappa shape index (κ3) is 5.43. The smallest absolute Gasteiger partial charge is 0.253 e. The van der Waals surface area contributed by atoms with Crippen molar-refractivity contribution in [2.45, 2.75) is 18.9 Å². The molecule has 0 radical (unpaired) electrons. The zero-order valence-electron chi connectivity index (χ0n) is 16.2. The maximum absolute atomic E-state index is 12.7. The van der Waals surface area contributed by atoms with Gasteiger partial charge in [-0.2, -0.15) is 0 Å². The lowest BCUT2D eigenvalue weighted by Crippen LogP contribution is -2.47. The van der Waals surface area contributed by atoms with E-state index in [1.165, 1.54) is 0 Å². The number of ether oxygens (including phenoxy) is 2. The lowest BCUT2D eigenvalue weighted by Gasteiger charge is -2.32. The molecule has 2 amide bonds. The third-order valence-corrected chi connectivity index (χ3v) is 4.83. The van der Waals surface area contributed by atoms with Crippen molar-refractivity contribution in [3.05, 3.63) is 54.4 Å². The Bertz CT molecular complexity index is 750. The van der Waals surface area contributed by atoms with E-state index in [9.17, 15) is 9.59 Å². The minimum absolute atomic E-state index is 0.0340. The van der Waals surface area contributed by atoms with Gasteiger partial charge in [0.15, 0.2) is 0 Å². The molecule has 1 saturated heterocycles. The van der Waals surface area contributed by atoms with Crippen molar-refractivity contribution >= 4 is 11.8 Å². The first-order valence-corrected chi connectivity index (χ1v) is 9.56. The molecule has 1 N–H and O–H groups in total. The van der Waals surface area contributed by atoms with Crippen LogP contribution in [0.2, 0.25) is 0 Å². The second-order valence-corrected chi connectivity index (χ2v) is 6.82. The lowest BCUT2D eigenvalue weighted by atomic mass is 10.0. The zero-order chi connectivity index (χ0) is 19.8. The molecule has 0 unspecified atom stereocenters. The van der Waals surface area contributed by atoms with E-state index < -0.39 is 0 Å². The molecule has 0 saturated carbocycles. The molecule has 1 fully saturated rings. The van der Waals surface area contributed by atoms with Gasteiger partial charge in [-0.25, -0.2) is 0 Å². The van der Waals surface area contributed by atoms with Gasteiger partial charge in [-0.05, 0) is 49.2 Å². The molecular formula is C21H27N3O4. The summed E-state index contributed by atoms with van der Waals surface area (Å²) in [6.07, 6.45) is 5.44. The number of methoxy groups -OCH3 is 1. The molecule has 1 aromatic heterocycles. The molecule has 1 aromatic carbocycles. The minimum Gasteiger partial charge on any atom is -0.382 e. The quantitative estimate of drug-likeness (QED) is 0.704. The van der Waals surface area contributed by atoms with Gasteiger partial charge >= 0.3 is 0 Å². The van der Waals surface area contributed by atoms with Crippen molar-refractivity contribution in [1.29, 1.82) is 0 Å². The van der Waals surface area contributed by atoms with E-state index in [4.69, 9.17) is 9.47 Å². The fourth-order valence-corrected chi connectivity index (χ4v) is 3.27. The first-order valence-electron chi connectivity index (χ1n) is 9.56. The Hall–Kier alpha value is -2.64. The summed E-state index contributed by atoms with van der Waals surface area (Å²) in [4.78, 5) is 26.5. The molecule has 0 atom stereocenters. The molecule has 0 spiro atoms. The van der Waals surface area contributed by atoms with Gasteiger partial charge in [0.1, 0.15) is 6.61 Å². The Morgan fingerprint density at radius 3 is 2.39 bits per heavy atom. The summed E-state index contributed by atoms with van der Waals surface area (Å²) >= 11 is 0. The molecule has 2 aromatic rings. The van der Waals surface area contributed by atoms with Crippen LogP contribution in [0.4, 0.5) is 0 Å². The van der Waals surface area contributed by atoms with Crippen LogP contribution >= 0.6 is 0 Å². The molecule has 1 aliphatic rings. The summed E-state index contributed by atoms with van der Waals surface area (Å²) in [6.45, 7) is 2.18. The summed E-state index contributed by atoms with van der Waals surface area (Å²) < 4.78 is 12.1. The van der Waals surface area contributed by atoms with Gasteiger partial charge in [0.2, 0.25) is 5.91 Å². The van der Waals surface area contributed by atoms with Gasteiger partial charge in [0.25, 0.3) is 5.91 Å². The third-order valence-electron chi connectivity index (χ3n) is 4.83. The predicted octanol–water partition coefficient (Wildman–Crippen LogP) is 1.86. The molecule has 0 bridgehead atoms. The molecule has 1 aliphatic heterocycles. The Morgan fingerprint density at radius 1 is 1.07 bits per heavy atom. The second kappa shape index (κ2) is 10.1. The maximum Gasteiger partial charge on any atom is 0.253 e. The number of piperidine rings is 1. The average Bonchev–Trinajstić information content (AvgIpc) is 3.26. The fraction of sp³-hybridized carbons (Fsp3) is 0.429. The minimum atomic E-state index is -0.124. The highest BCUT2D eigenvalue weighted by Crippen LogP contribution is 2.16. The summed E-state index contributed by atoms with van der Waals surface area (Å²) in [5, 5.41) is 2.97. The molecule has 28 heavy (non-hydrogen) atoms. The van der Waals surface area contributed by atoms with Crippen LogP contribution in [0.25, 0.3) is 5.69 Å². The molecule has 150 valence electrons. The Morgan fingerprint density at radius 2 is 1.75 bits per heavy atom. The van der Waals surface area contributed by atoms with Gasteiger partial charge in [-0.1, -0.05) is 0 Å². The van der Waals surface area contributed by atoms with Gasteiger partial charge in [-0.3, -0.25) is 9.59 Å². The van der Waals surface area contributed by atoms with E-state index in [0.29, 0.717) is 31.9 Å². The zero-order valence-corrected chi connectivity index (χ0v) is 16.2. The predicted molar refractivity (Wildman–Crippen MR) is 106 cm³/mol. The van der Waals surface area contributed by atoms with Crippen LogP contribution in [0.5, 0.6) is 0 Å². The van der Waals surface area contributed by atoms with Crippen LogP contribution in [0.3, 0.4) is 0 Å². The summed E-state index contributed by atoms with van der Waals surface area (Å²) in [6, 6.07) is 11.6. The summed E-state index contributed by atoms with van der Waals surface area (Å²) in [5.41, 5.74) is 1.71. The second-order valence-electron chi connectivity index (χ2n) is 6.82. The van der Waals surface area contributed by atoms with Crippen LogP contribution < -0.4 is 5.32 Å². The summed E-state index contributed by atoms with van der Waals surface area (Å²) in [5.74, 6) is -0.0896. The van der Waals surface area contributed by atoms with E-state index in [1.54, 1.807) is 7.11 Å². The van der Waals surface area contributed by atoms with Crippen LogP contribution in [-0.4, -0.2) is 67.3 Å². The molecule has 7 nitrogen and oxygen atoms in total. The Balaban J connectivity index is 1.44. The van der Waals surface area contributed by atoms with Gasteiger partial charge in [0.05, 0.1) is 13.2 Å². The van der Waals surface area contributed by atoms with Crippen molar-refractivity contribution in [2.24, 2.45) is 0 Å². The molecule has 0 aliphatic carbocycles. The van der Waals surface area contributed by atoms with E-state index in [0.717, 1.165) is 18.5 Å². The highest BCUT2D eigenvalue weighted by Gasteiger charge is 2.24. The number of nitrogens with zero attached hydrogens (tertiary/aromatic N) is 2. The van der Waals surface area contributed by atoms with E-state index in [1.807, 2.05) is 58.3 Å². The van der Waals surface area contributed by atoms with Crippen LogP contribution in [0.15, 0.2) is 48.8 Å². The number of nitrogens with one attached hydrogen (secondary N) is 1. The van der Waals surface area contributed by atoms with E-state index in [-0.39, 0.29) is 24.5 Å². The van der Waals surface area contributed by atoms with Crippen molar-refractivity contribution in [3.8, 4) is 5.69 Å². The van der Waals surface area contributed by atoms with Crippen molar-refractivity contribution in [1.82, 2.24) is 14.8 Å². The largest absolute Gasteiger partial charge is 0.382 e. The number of amides is 2. The number of hydrogen-bond donors (Lipinski definition) is 1. The normalized spacial score (nSPS) is 14.8. The van der Waals surface area contributed by atoms with Gasteiger partial charge < -0.3 is 24.3 Å². The molecule has 7 heteroatoms. The van der Waals surface area contributed by atoms with Crippen LogP contribution in [0.1, 0.15) is 23.2 Å². The lowest BCUT2D eigenvalue weighted by molar-refractivity contribution is -0.127. The van der Waals surface area contributed by atoms with E-state index >= 15 is 0 Å². The van der Waals surface area contributed by atoms with Crippen molar-refractivity contribution in [2.75, 3.05) is 40.0 Å². The molecular weight excluding hydrogens is 358 g/mol. The van der Waals surface area contributed by atoms with Crippen LogP contribution in [-0.2, 0) is 14.3 Å². The van der Waals surface area contributed by atoms with Crippen molar-refractivity contribution in [3.63, 3.8) is 0 Å². The first kappa shape index (κ1) is 20.1. The molecule has 3 rings (SSSR count). The highest BCUT2D eigenvalue weighted by atomic mass is 16.5. The first-order chi connectivity index (χ1) is 13.7. The van der Waals surface area contributed by atoms with Crippen LogP contribution in [0, 0.1) is 0 Å². The Labute approximate surface area is 165 Å². The standard InChI is InChI=1S/C21H27N3O4/c1-27-14-15-28-16-20(25)22-18-8-12-24(13-9-18)21(26)17-4-6-19(7-5-17)23-10-2-3-11-23/h2-7,10-11,18H,8-9,12-16H2,1H3,(H,22,25). The maximum atomic E-state index is 12.7. The van der Waals surface area contributed by atoms with Gasteiger partial charge in [-0.15, -0.1) is 0 Å². The average molecular weight is 385 g/mol. The monoisotopic (exact) mass is 385 g/mol. The summed E-state index contributed by atoms with van der Waals surface area (Å²) in [7, 11) is 1.59. The SMILES string of the molecule is COCCOCC(=O)NC1CCN(C(=O)c2ccc(-n3cccc3)cc2)CC1. The number of hydrogen-bond acceptors (Lipinski definition) is 4. The van der Waals surface area contributed by atoms with Crippen molar-refractivity contribution < 1.29 is 19.1 Å².